The van der Waals surface area contributed by atoms with Crippen LogP contribution in [0.15, 0.2) is 48.5 Å². The van der Waals surface area contributed by atoms with E-state index in [4.69, 9.17) is 18.9 Å². The summed E-state index contributed by atoms with van der Waals surface area (Å²) in [6, 6.07) is 15.0. The van der Waals surface area contributed by atoms with Gasteiger partial charge in [0.1, 0.15) is 31.2 Å². The number of benzene rings is 2. The van der Waals surface area contributed by atoms with Crippen LogP contribution in [0.4, 0.5) is 0 Å². The van der Waals surface area contributed by atoms with Crippen LogP contribution in [-0.4, -0.2) is 31.2 Å². The Morgan fingerprint density at radius 3 is 1.58 bits per heavy atom. The van der Waals surface area contributed by atoms with Crippen LogP contribution in [0.1, 0.15) is 13.8 Å². The lowest BCUT2D eigenvalue weighted by atomic mass is 9.87. The van der Waals surface area contributed by atoms with Gasteiger partial charge in [-0.3, -0.25) is 4.79 Å². The van der Waals surface area contributed by atoms with Gasteiger partial charge in [-0.2, -0.15) is 0 Å². The third-order valence-corrected chi connectivity index (χ3v) is 5.07. The van der Waals surface area contributed by atoms with Gasteiger partial charge in [0.15, 0.2) is 23.0 Å². The zero-order chi connectivity index (χ0) is 18.1. The number of carbonyl (C=O) groups excluding carboxylic acids is 1. The molecule has 0 amide bonds. The van der Waals surface area contributed by atoms with Crippen molar-refractivity contribution >= 4 is 5.78 Å². The third-order valence-electron chi connectivity index (χ3n) is 5.07. The van der Waals surface area contributed by atoms with Crippen molar-refractivity contribution < 1.29 is 23.7 Å². The Kier molecular flexibility index (Phi) is 4.45. The first-order valence-corrected chi connectivity index (χ1v) is 8.94. The van der Waals surface area contributed by atoms with Crippen molar-refractivity contribution in [3.8, 4) is 23.0 Å². The molecule has 4 unspecified atom stereocenters. The van der Waals surface area contributed by atoms with E-state index in [0.717, 1.165) is 11.5 Å². The van der Waals surface area contributed by atoms with Gasteiger partial charge in [0, 0.05) is 0 Å². The Morgan fingerprint density at radius 1 is 0.769 bits per heavy atom. The van der Waals surface area contributed by atoms with Crippen LogP contribution in [0, 0.1) is 11.8 Å². The van der Waals surface area contributed by atoms with Crippen molar-refractivity contribution in [2.45, 2.75) is 26.1 Å². The summed E-state index contributed by atoms with van der Waals surface area (Å²) in [6.07, 6.45) is -0.617. The molecule has 5 nitrogen and oxygen atoms in total. The fourth-order valence-corrected chi connectivity index (χ4v) is 3.35. The fraction of sp³-hybridized carbons (Fsp3) is 0.381. The summed E-state index contributed by atoms with van der Waals surface area (Å²) in [6.45, 7) is 4.50. The number of fused-ring (bicyclic) bond motifs is 2. The largest absolute Gasteiger partial charge is 0.486 e. The standard InChI is InChI=1S/C21H22O5/c1-13(19-11-23-15-7-3-5-9-17(15)25-19)21(22)14(2)20-12-24-16-8-4-6-10-18(16)26-20/h3-10,13-14,19-20H,11-12H2,1-2H3. The Hall–Kier alpha value is -2.69. The number of hydrogen-bond donors (Lipinski definition) is 0. The number of ether oxygens (including phenoxy) is 4. The highest BCUT2D eigenvalue weighted by atomic mass is 16.6. The molecule has 0 N–H and O–H groups in total. The first kappa shape index (κ1) is 16.8. The molecule has 0 spiro atoms. The number of ketones is 1. The van der Waals surface area contributed by atoms with E-state index in [0.29, 0.717) is 24.7 Å². The summed E-state index contributed by atoms with van der Waals surface area (Å²) in [5.41, 5.74) is 0. The zero-order valence-corrected chi connectivity index (χ0v) is 14.9. The van der Waals surface area contributed by atoms with Gasteiger partial charge in [0.25, 0.3) is 0 Å². The predicted molar refractivity (Wildman–Crippen MR) is 96.0 cm³/mol. The average Bonchev–Trinajstić information content (AvgIpc) is 2.71. The van der Waals surface area contributed by atoms with E-state index in [1.54, 1.807) is 0 Å². The van der Waals surface area contributed by atoms with E-state index in [9.17, 15) is 4.79 Å². The average molecular weight is 354 g/mol. The second-order valence-electron chi connectivity index (χ2n) is 6.81. The molecule has 0 bridgehead atoms. The van der Waals surface area contributed by atoms with E-state index in [2.05, 4.69) is 0 Å². The Labute approximate surface area is 152 Å². The summed E-state index contributed by atoms with van der Waals surface area (Å²) in [4.78, 5) is 13.0. The van der Waals surface area contributed by atoms with Gasteiger partial charge in [-0.1, -0.05) is 38.1 Å². The van der Waals surface area contributed by atoms with Gasteiger partial charge >= 0.3 is 0 Å². The minimum absolute atomic E-state index is 0.0889. The molecule has 5 heteroatoms. The van der Waals surface area contributed by atoms with E-state index >= 15 is 0 Å². The molecule has 0 radical (unpaired) electrons. The van der Waals surface area contributed by atoms with Crippen molar-refractivity contribution in [3.05, 3.63) is 48.5 Å². The lowest BCUT2D eigenvalue weighted by Gasteiger charge is -2.34. The summed E-state index contributed by atoms with van der Waals surface area (Å²) in [7, 11) is 0. The number of hydrogen-bond acceptors (Lipinski definition) is 5. The molecule has 0 fully saturated rings. The molecule has 4 rings (SSSR count). The summed E-state index contributed by atoms with van der Waals surface area (Å²) >= 11 is 0. The zero-order valence-electron chi connectivity index (χ0n) is 14.9. The Morgan fingerprint density at radius 2 is 1.15 bits per heavy atom. The van der Waals surface area contributed by atoms with Crippen molar-refractivity contribution in [1.82, 2.24) is 0 Å². The molecule has 136 valence electrons. The van der Waals surface area contributed by atoms with Crippen molar-refractivity contribution in [3.63, 3.8) is 0 Å². The van der Waals surface area contributed by atoms with Gasteiger partial charge in [-0.15, -0.1) is 0 Å². The maximum absolute atomic E-state index is 13.0. The predicted octanol–water partition coefficient (Wildman–Crippen LogP) is 3.51. The van der Waals surface area contributed by atoms with Gasteiger partial charge in [-0.25, -0.2) is 0 Å². The Balaban J connectivity index is 1.43. The molecular formula is C21H22O5. The van der Waals surface area contributed by atoms with Crippen LogP contribution >= 0.6 is 0 Å². The van der Waals surface area contributed by atoms with Crippen LogP contribution < -0.4 is 18.9 Å². The fourth-order valence-electron chi connectivity index (χ4n) is 3.35. The summed E-state index contributed by atoms with van der Waals surface area (Å²) < 4.78 is 23.5. The number of rotatable bonds is 4. The molecule has 4 atom stereocenters. The third kappa shape index (κ3) is 3.09. The molecule has 26 heavy (non-hydrogen) atoms. The smallest absolute Gasteiger partial charge is 0.161 e. The van der Waals surface area contributed by atoms with Crippen LogP contribution in [0.3, 0.4) is 0 Å². The quantitative estimate of drug-likeness (QED) is 0.841. The van der Waals surface area contributed by atoms with Crippen LogP contribution in [0.5, 0.6) is 23.0 Å². The molecule has 2 aromatic rings. The normalized spacial score (nSPS) is 23.0. The molecule has 2 aliphatic heterocycles. The number of carbonyl (C=O) groups is 1. The highest BCUT2D eigenvalue weighted by molar-refractivity contribution is 5.84. The highest BCUT2D eigenvalue weighted by Gasteiger charge is 2.37. The maximum atomic E-state index is 13.0. The SMILES string of the molecule is CC(C(=O)C(C)C1COc2ccccc2O1)C1COc2ccccc2O1. The minimum atomic E-state index is -0.309. The molecule has 0 saturated carbocycles. The molecule has 2 heterocycles. The van der Waals surface area contributed by atoms with Crippen molar-refractivity contribution in [2.24, 2.45) is 11.8 Å². The molecule has 0 aliphatic carbocycles. The summed E-state index contributed by atoms with van der Waals surface area (Å²) in [5, 5.41) is 0. The van der Waals surface area contributed by atoms with E-state index in [-0.39, 0.29) is 29.8 Å². The Bertz CT molecular complexity index is 737. The lowest BCUT2D eigenvalue weighted by molar-refractivity contribution is -0.133. The second-order valence-corrected chi connectivity index (χ2v) is 6.81. The molecule has 0 aromatic heterocycles. The molecular weight excluding hydrogens is 332 g/mol. The van der Waals surface area contributed by atoms with E-state index in [1.165, 1.54) is 0 Å². The molecule has 2 aliphatic rings. The van der Waals surface area contributed by atoms with Gasteiger partial charge < -0.3 is 18.9 Å². The minimum Gasteiger partial charge on any atom is -0.486 e. The highest BCUT2D eigenvalue weighted by Crippen LogP contribution is 2.35. The van der Waals surface area contributed by atoms with Crippen LogP contribution in [0.25, 0.3) is 0 Å². The molecule has 0 saturated heterocycles. The van der Waals surface area contributed by atoms with Gasteiger partial charge in [0.05, 0.1) is 11.8 Å². The number of Topliss-reactive ketones (excluding diaryl/α,β-unsaturated/α-hetero) is 1. The van der Waals surface area contributed by atoms with Crippen LogP contribution in [-0.2, 0) is 4.79 Å². The van der Waals surface area contributed by atoms with Gasteiger partial charge in [0.2, 0.25) is 0 Å². The van der Waals surface area contributed by atoms with Crippen LogP contribution in [0.2, 0.25) is 0 Å². The summed E-state index contributed by atoms with van der Waals surface area (Å²) in [5.74, 6) is 2.28. The second kappa shape index (κ2) is 6.90. The van der Waals surface area contributed by atoms with E-state index < -0.39 is 0 Å². The first-order chi connectivity index (χ1) is 12.6. The first-order valence-electron chi connectivity index (χ1n) is 8.94. The van der Waals surface area contributed by atoms with Crippen molar-refractivity contribution in [1.29, 1.82) is 0 Å². The monoisotopic (exact) mass is 354 g/mol. The van der Waals surface area contributed by atoms with Crippen molar-refractivity contribution in [2.75, 3.05) is 13.2 Å². The van der Waals surface area contributed by atoms with E-state index in [1.807, 2.05) is 62.4 Å². The number of para-hydroxylation sites is 4. The van der Waals surface area contributed by atoms with Gasteiger partial charge in [-0.05, 0) is 24.3 Å². The topological polar surface area (TPSA) is 54.0 Å². The maximum Gasteiger partial charge on any atom is 0.161 e. The lowest BCUT2D eigenvalue weighted by Crippen LogP contribution is -2.45. The molecule has 2 aromatic carbocycles.